The Balaban J connectivity index is 2.29. The number of carbonyl (C=O) groups is 1. The second-order valence-electron chi connectivity index (χ2n) is 4.77. The summed E-state index contributed by atoms with van der Waals surface area (Å²) in [6.07, 6.45) is 1.97. The molecule has 0 aliphatic carbocycles. The molecule has 3 nitrogen and oxygen atoms in total. The van der Waals surface area contributed by atoms with E-state index in [0.717, 1.165) is 26.1 Å². The summed E-state index contributed by atoms with van der Waals surface area (Å²) < 4.78 is 6.29. The van der Waals surface area contributed by atoms with Crippen molar-refractivity contribution < 1.29 is 9.53 Å². The first kappa shape index (κ1) is 16.2. The molecule has 0 amide bonds. The first-order chi connectivity index (χ1) is 9.93. The van der Waals surface area contributed by atoms with E-state index in [0.29, 0.717) is 10.6 Å². The van der Waals surface area contributed by atoms with E-state index < -0.39 is 0 Å². The Bertz CT molecular complexity index is 701. The zero-order valence-corrected chi connectivity index (χ0v) is 14.9. The van der Waals surface area contributed by atoms with Gasteiger partial charge >= 0.3 is 0 Å². The number of aromatic nitrogens is 1. The lowest BCUT2D eigenvalue weighted by atomic mass is 10.0. The predicted molar refractivity (Wildman–Crippen MR) is 92.5 cm³/mol. The van der Waals surface area contributed by atoms with E-state index in [-0.39, 0.29) is 12.2 Å². The lowest BCUT2D eigenvalue weighted by molar-refractivity contribution is 0.0991. The summed E-state index contributed by atoms with van der Waals surface area (Å²) >= 11 is 8.20. The fourth-order valence-electron chi connectivity index (χ4n) is 2.17. The van der Waals surface area contributed by atoms with Crippen LogP contribution in [0.4, 0.5) is 0 Å². The van der Waals surface area contributed by atoms with Crippen LogP contribution in [0.25, 0.3) is 0 Å². The van der Waals surface area contributed by atoms with Crippen molar-refractivity contribution in [3.63, 3.8) is 0 Å². The van der Waals surface area contributed by atoms with Gasteiger partial charge in [0.1, 0.15) is 5.75 Å². The minimum Gasteiger partial charge on any atom is -0.496 e. The number of rotatable bonds is 4. The normalized spacial score (nSPS) is 10.5. The zero-order valence-electron chi connectivity index (χ0n) is 12.0. The first-order valence-corrected chi connectivity index (χ1v) is 7.87. The van der Waals surface area contributed by atoms with Gasteiger partial charge in [-0.3, -0.25) is 9.78 Å². The van der Waals surface area contributed by atoms with E-state index in [2.05, 4.69) is 27.6 Å². The molecule has 110 valence electrons. The highest BCUT2D eigenvalue weighted by Gasteiger charge is 2.15. The average molecular weight is 416 g/mol. The first-order valence-electron chi connectivity index (χ1n) is 6.41. The summed E-state index contributed by atoms with van der Waals surface area (Å²) in [5.41, 5.74) is 3.20. The van der Waals surface area contributed by atoms with Gasteiger partial charge in [-0.15, -0.1) is 0 Å². The van der Waals surface area contributed by atoms with Gasteiger partial charge in [-0.1, -0.05) is 17.7 Å². The number of ether oxygens (including phenoxy) is 1. The standard InChI is InChI=1S/C16H15ClINO2/c1-9-8-19-14(10(2)16(9)21-3)7-15(20)11-4-5-13(18)12(17)6-11/h4-6,8H,7H2,1-3H3. The summed E-state index contributed by atoms with van der Waals surface area (Å²) in [6.45, 7) is 3.85. The van der Waals surface area contributed by atoms with Crippen molar-refractivity contribution in [2.75, 3.05) is 7.11 Å². The summed E-state index contributed by atoms with van der Waals surface area (Å²) in [5, 5.41) is 0.590. The van der Waals surface area contributed by atoms with E-state index in [4.69, 9.17) is 16.3 Å². The second kappa shape index (κ2) is 6.75. The molecule has 0 spiro atoms. The van der Waals surface area contributed by atoms with E-state index in [1.54, 1.807) is 25.4 Å². The molecule has 1 aromatic heterocycles. The van der Waals surface area contributed by atoms with Crippen LogP contribution in [0.15, 0.2) is 24.4 Å². The Kier molecular flexibility index (Phi) is 5.22. The molecule has 0 atom stereocenters. The number of aryl methyl sites for hydroxylation is 1. The minimum atomic E-state index is -0.00481. The number of benzene rings is 1. The molecule has 1 aromatic carbocycles. The van der Waals surface area contributed by atoms with Gasteiger partial charge in [0.05, 0.1) is 24.2 Å². The van der Waals surface area contributed by atoms with Crippen molar-refractivity contribution in [2.45, 2.75) is 20.3 Å². The fraction of sp³-hybridized carbons (Fsp3) is 0.250. The third-order valence-corrected chi connectivity index (χ3v) is 4.89. The van der Waals surface area contributed by atoms with Crippen LogP contribution in [0.1, 0.15) is 27.2 Å². The molecule has 0 radical (unpaired) electrons. The van der Waals surface area contributed by atoms with Gasteiger partial charge in [-0.2, -0.15) is 0 Å². The van der Waals surface area contributed by atoms with Crippen molar-refractivity contribution in [3.8, 4) is 5.75 Å². The number of ketones is 1. The Morgan fingerprint density at radius 2 is 2.10 bits per heavy atom. The SMILES string of the molecule is COc1c(C)cnc(CC(=O)c2ccc(I)c(Cl)c2)c1C. The maximum Gasteiger partial charge on any atom is 0.168 e. The summed E-state index contributed by atoms with van der Waals surface area (Å²) in [6, 6.07) is 5.33. The molecular formula is C16H15ClINO2. The highest BCUT2D eigenvalue weighted by Crippen LogP contribution is 2.25. The van der Waals surface area contributed by atoms with Gasteiger partial charge in [-0.25, -0.2) is 0 Å². The van der Waals surface area contributed by atoms with Crippen LogP contribution in [0.5, 0.6) is 5.75 Å². The highest BCUT2D eigenvalue weighted by atomic mass is 127. The van der Waals surface area contributed by atoms with E-state index in [1.165, 1.54) is 0 Å². The Labute approximate surface area is 142 Å². The van der Waals surface area contributed by atoms with Crippen molar-refractivity contribution in [1.82, 2.24) is 4.98 Å². The maximum atomic E-state index is 12.4. The molecule has 2 aromatic rings. The molecule has 0 unspecified atom stereocenters. The van der Waals surface area contributed by atoms with Crippen molar-refractivity contribution in [1.29, 1.82) is 0 Å². The quantitative estimate of drug-likeness (QED) is 0.549. The number of halogens is 2. The third-order valence-electron chi connectivity index (χ3n) is 3.32. The van der Waals surface area contributed by atoms with Crippen LogP contribution in [0, 0.1) is 17.4 Å². The van der Waals surface area contributed by atoms with Crippen LogP contribution in [0.3, 0.4) is 0 Å². The van der Waals surface area contributed by atoms with E-state index in [1.807, 2.05) is 19.9 Å². The molecule has 0 bridgehead atoms. The molecule has 0 aliphatic rings. The van der Waals surface area contributed by atoms with Crippen LogP contribution >= 0.6 is 34.2 Å². The average Bonchev–Trinajstić information content (AvgIpc) is 2.45. The molecule has 5 heteroatoms. The molecule has 0 aliphatic heterocycles. The molecule has 0 saturated heterocycles. The number of hydrogen-bond acceptors (Lipinski definition) is 3. The van der Waals surface area contributed by atoms with Gasteiger partial charge < -0.3 is 4.74 Å². The summed E-state index contributed by atoms with van der Waals surface area (Å²) in [5.74, 6) is 0.781. The molecule has 0 N–H and O–H groups in total. The molecule has 2 rings (SSSR count). The van der Waals surface area contributed by atoms with Crippen LogP contribution in [0.2, 0.25) is 5.02 Å². The van der Waals surface area contributed by atoms with Crippen molar-refractivity contribution in [2.24, 2.45) is 0 Å². The number of Topliss-reactive ketones (excluding diaryl/α,β-unsaturated/α-hetero) is 1. The van der Waals surface area contributed by atoms with Gasteiger partial charge in [0, 0.05) is 26.5 Å². The number of carbonyl (C=O) groups excluding carboxylic acids is 1. The topological polar surface area (TPSA) is 39.2 Å². The second-order valence-corrected chi connectivity index (χ2v) is 6.34. The number of nitrogens with zero attached hydrogens (tertiary/aromatic N) is 1. The number of pyridine rings is 1. The number of methoxy groups -OCH3 is 1. The van der Waals surface area contributed by atoms with Crippen LogP contribution < -0.4 is 4.74 Å². The minimum absolute atomic E-state index is 0.00481. The zero-order chi connectivity index (χ0) is 15.6. The van der Waals surface area contributed by atoms with Crippen LogP contribution in [-0.2, 0) is 6.42 Å². The molecule has 0 saturated carbocycles. The lowest BCUT2D eigenvalue weighted by Gasteiger charge is -2.12. The van der Waals surface area contributed by atoms with Crippen molar-refractivity contribution >= 4 is 40.0 Å². The van der Waals surface area contributed by atoms with E-state index >= 15 is 0 Å². The molecule has 21 heavy (non-hydrogen) atoms. The lowest BCUT2D eigenvalue weighted by Crippen LogP contribution is -2.08. The summed E-state index contributed by atoms with van der Waals surface area (Å²) in [4.78, 5) is 16.7. The fourth-order valence-corrected chi connectivity index (χ4v) is 2.69. The Hall–Kier alpha value is -1.14. The third kappa shape index (κ3) is 3.55. The molecule has 0 fully saturated rings. The van der Waals surface area contributed by atoms with Gasteiger partial charge in [0.25, 0.3) is 0 Å². The van der Waals surface area contributed by atoms with Gasteiger partial charge in [-0.05, 0) is 48.6 Å². The van der Waals surface area contributed by atoms with Crippen molar-refractivity contribution in [3.05, 3.63) is 55.4 Å². The number of hydrogen-bond donors (Lipinski definition) is 0. The predicted octanol–water partition coefficient (Wildman–Crippen LogP) is 4.39. The van der Waals surface area contributed by atoms with Gasteiger partial charge in [0.15, 0.2) is 5.78 Å². The smallest absolute Gasteiger partial charge is 0.168 e. The largest absolute Gasteiger partial charge is 0.496 e. The molecular weight excluding hydrogens is 401 g/mol. The monoisotopic (exact) mass is 415 g/mol. The van der Waals surface area contributed by atoms with Crippen LogP contribution in [-0.4, -0.2) is 17.9 Å². The molecule has 1 heterocycles. The Morgan fingerprint density at radius 3 is 2.71 bits per heavy atom. The van der Waals surface area contributed by atoms with E-state index in [9.17, 15) is 4.79 Å². The van der Waals surface area contributed by atoms with Gasteiger partial charge in [0.2, 0.25) is 0 Å². The Morgan fingerprint density at radius 1 is 1.38 bits per heavy atom. The highest BCUT2D eigenvalue weighted by molar-refractivity contribution is 14.1. The summed E-state index contributed by atoms with van der Waals surface area (Å²) in [7, 11) is 1.62. The maximum absolute atomic E-state index is 12.4.